The molecular formula is C26H33F3O2. The number of hydrogen-bond acceptors (Lipinski definition) is 2. The first-order chi connectivity index (χ1) is 14.9. The van der Waals surface area contributed by atoms with Crippen molar-refractivity contribution in [3.63, 3.8) is 0 Å². The number of halogens is 3. The summed E-state index contributed by atoms with van der Waals surface area (Å²) in [5.41, 5.74) is 0.779. The standard InChI is InChI=1S/C26H33F3O2/c1-2-3-4-5-18-31-24-16-14-22(15-17-24)20-8-6-19(7-9-20)21-10-12-23(13-11-21)25(30)26(27,28)29/h2-5,10-13,19-20,22,24H,6-9,14-18H2,1H3/b3-2+,5-4+/t19?,20?,22-,24-. The predicted molar refractivity (Wildman–Crippen MR) is 117 cm³/mol. The molecule has 0 aromatic heterocycles. The normalized spacial score (nSPS) is 27.7. The van der Waals surface area contributed by atoms with Crippen LogP contribution in [0.4, 0.5) is 13.2 Å². The van der Waals surface area contributed by atoms with E-state index in [9.17, 15) is 18.0 Å². The quantitative estimate of drug-likeness (QED) is 0.330. The van der Waals surface area contributed by atoms with Crippen molar-refractivity contribution in [3.05, 3.63) is 59.7 Å². The van der Waals surface area contributed by atoms with Crippen LogP contribution in [0.5, 0.6) is 0 Å². The van der Waals surface area contributed by atoms with Gasteiger partial charge in [-0.15, -0.1) is 0 Å². The van der Waals surface area contributed by atoms with E-state index in [-0.39, 0.29) is 5.56 Å². The van der Waals surface area contributed by atoms with Gasteiger partial charge < -0.3 is 4.74 Å². The Balaban J connectivity index is 1.41. The molecule has 0 aliphatic heterocycles. The number of ketones is 1. The minimum atomic E-state index is -4.81. The third-order valence-corrected chi connectivity index (χ3v) is 6.93. The summed E-state index contributed by atoms with van der Waals surface area (Å²) < 4.78 is 43.7. The molecule has 5 heteroatoms. The van der Waals surface area contributed by atoms with Crippen LogP contribution in [0.25, 0.3) is 0 Å². The van der Waals surface area contributed by atoms with E-state index in [2.05, 4.69) is 6.08 Å². The minimum absolute atomic E-state index is 0.277. The van der Waals surface area contributed by atoms with Crippen LogP contribution in [0.3, 0.4) is 0 Å². The SMILES string of the molecule is C/C=C/C=C/CO[C@H]1CC[C@H](C2CCC(c3ccc(C(=O)C(F)(F)F)cc3)CC2)CC1. The number of hydrogen-bond donors (Lipinski definition) is 0. The molecule has 2 saturated carbocycles. The van der Waals surface area contributed by atoms with Gasteiger partial charge in [-0.2, -0.15) is 13.2 Å². The molecule has 0 bridgehead atoms. The van der Waals surface area contributed by atoms with Gasteiger partial charge >= 0.3 is 6.18 Å². The fourth-order valence-corrected chi connectivity index (χ4v) is 5.16. The molecule has 0 amide bonds. The lowest BCUT2D eigenvalue weighted by Crippen LogP contribution is -2.28. The molecule has 0 radical (unpaired) electrons. The van der Waals surface area contributed by atoms with Crippen LogP contribution >= 0.6 is 0 Å². The first-order valence-corrected chi connectivity index (χ1v) is 11.5. The molecule has 0 N–H and O–H groups in total. The van der Waals surface area contributed by atoms with E-state index in [1.165, 1.54) is 37.8 Å². The Morgan fingerprint density at radius 3 is 2.06 bits per heavy atom. The monoisotopic (exact) mass is 434 g/mol. The van der Waals surface area contributed by atoms with E-state index in [1.54, 1.807) is 12.1 Å². The number of benzene rings is 1. The van der Waals surface area contributed by atoms with E-state index in [0.717, 1.165) is 43.1 Å². The van der Waals surface area contributed by atoms with Crippen molar-refractivity contribution in [3.8, 4) is 0 Å². The molecule has 0 unspecified atom stereocenters. The number of rotatable bonds is 7. The Hall–Kier alpha value is -1.88. The van der Waals surface area contributed by atoms with Gasteiger partial charge in [-0.25, -0.2) is 0 Å². The lowest BCUT2D eigenvalue weighted by atomic mass is 9.69. The summed E-state index contributed by atoms with van der Waals surface area (Å²) in [6.07, 6.45) is 12.9. The minimum Gasteiger partial charge on any atom is -0.374 e. The van der Waals surface area contributed by atoms with Crippen LogP contribution in [0.2, 0.25) is 0 Å². The number of Topliss-reactive ketones (excluding diaryl/α,β-unsaturated/α-hetero) is 1. The van der Waals surface area contributed by atoms with Crippen molar-refractivity contribution < 1.29 is 22.7 Å². The third kappa shape index (κ3) is 6.80. The molecule has 0 heterocycles. The number of ether oxygens (including phenoxy) is 1. The highest BCUT2D eigenvalue weighted by Gasteiger charge is 2.39. The van der Waals surface area contributed by atoms with E-state index in [1.807, 2.05) is 25.2 Å². The van der Waals surface area contributed by atoms with Crippen molar-refractivity contribution >= 4 is 5.78 Å². The zero-order chi connectivity index (χ0) is 22.3. The van der Waals surface area contributed by atoms with Crippen molar-refractivity contribution in [2.45, 2.75) is 76.5 Å². The second kappa shape index (κ2) is 11.1. The van der Waals surface area contributed by atoms with E-state index >= 15 is 0 Å². The van der Waals surface area contributed by atoms with E-state index < -0.39 is 12.0 Å². The summed E-state index contributed by atoms with van der Waals surface area (Å²) in [6, 6.07) is 6.06. The molecule has 0 spiro atoms. The van der Waals surface area contributed by atoms with E-state index in [4.69, 9.17) is 4.74 Å². The largest absolute Gasteiger partial charge is 0.454 e. The molecule has 0 atom stereocenters. The average Bonchev–Trinajstić information content (AvgIpc) is 2.78. The lowest BCUT2D eigenvalue weighted by Gasteiger charge is -2.38. The van der Waals surface area contributed by atoms with Gasteiger partial charge in [0.15, 0.2) is 0 Å². The van der Waals surface area contributed by atoms with Gasteiger partial charge in [0.2, 0.25) is 0 Å². The summed E-state index contributed by atoms with van der Waals surface area (Å²) in [5.74, 6) is 0.134. The van der Waals surface area contributed by atoms with E-state index in [0.29, 0.717) is 18.6 Å². The van der Waals surface area contributed by atoms with Gasteiger partial charge in [-0.3, -0.25) is 4.79 Å². The van der Waals surface area contributed by atoms with Crippen molar-refractivity contribution in [1.82, 2.24) is 0 Å². The van der Waals surface area contributed by atoms with Crippen LogP contribution in [0, 0.1) is 11.8 Å². The maximum absolute atomic E-state index is 12.6. The number of carbonyl (C=O) groups excluding carboxylic acids is 1. The maximum Gasteiger partial charge on any atom is 0.454 e. The average molecular weight is 435 g/mol. The molecule has 3 rings (SSSR count). The fourth-order valence-electron chi connectivity index (χ4n) is 5.16. The first kappa shape index (κ1) is 23.8. The summed E-state index contributed by atoms with van der Waals surface area (Å²) in [7, 11) is 0. The number of carbonyl (C=O) groups is 1. The smallest absolute Gasteiger partial charge is 0.374 e. The molecule has 2 nitrogen and oxygen atoms in total. The summed E-state index contributed by atoms with van der Waals surface area (Å²) in [4.78, 5) is 11.4. The number of allylic oxidation sites excluding steroid dienone is 3. The first-order valence-electron chi connectivity index (χ1n) is 11.5. The molecule has 31 heavy (non-hydrogen) atoms. The Kier molecular flexibility index (Phi) is 8.53. The van der Waals surface area contributed by atoms with Gasteiger partial charge in [0, 0.05) is 5.56 Å². The van der Waals surface area contributed by atoms with Gasteiger partial charge in [-0.05, 0) is 81.6 Å². The van der Waals surface area contributed by atoms with Crippen LogP contribution in [-0.4, -0.2) is 24.7 Å². The van der Waals surface area contributed by atoms with Crippen LogP contribution in [0.15, 0.2) is 48.6 Å². The van der Waals surface area contributed by atoms with Crippen LogP contribution < -0.4 is 0 Å². The zero-order valence-electron chi connectivity index (χ0n) is 18.2. The molecular weight excluding hydrogens is 401 g/mol. The second-order valence-electron chi connectivity index (χ2n) is 8.88. The summed E-state index contributed by atoms with van der Waals surface area (Å²) >= 11 is 0. The molecule has 1 aromatic carbocycles. The molecule has 2 aliphatic carbocycles. The highest BCUT2D eigenvalue weighted by atomic mass is 19.4. The van der Waals surface area contributed by atoms with Crippen molar-refractivity contribution in [2.75, 3.05) is 6.61 Å². The highest BCUT2D eigenvalue weighted by molar-refractivity contribution is 6.00. The Bertz CT molecular complexity index is 748. The summed E-state index contributed by atoms with van der Waals surface area (Å²) in [6.45, 7) is 2.68. The zero-order valence-corrected chi connectivity index (χ0v) is 18.2. The van der Waals surface area contributed by atoms with Crippen LogP contribution in [-0.2, 0) is 4.74 Å². The Labute approximate surface area is 183 Å². The molecule has 1 aromatic rings. The Morgan fingerprint density at radius 2 is 1.52 bits per heavy atom. The predicted octanol–water partition coefficient (Wildman–Crippen LogP) is 7.41. The van der Waals surface area contributed by atoms with Crippen molar-refractivity contribution in [2.24, 2.45) is 11.8 Å². The number of alkyl halides is 3. The molecule has 0 saturated heterocycles. The van der Waals surface area contributed by atoms with Gasteiger partial charge in [0.05, 0.1) is 12.7 Å². The third-order valence-electron chi connectivity index (χ3n) is 6.93. The van der Waals surface area contributed by atoms with Gasteiger partial charge in [0.1, 0.15) is 0 Å². The lowest BCUT2D eigenvalue weighted by molar-refractivity contribution is -0.0885. The molecule has 2 fully saturated rings. The fraction of sp³-hybridized carbons (Fsp3) is 0.577. The second-order valence-corrected chi connectivity index (χ2v) is 8.88. The van der Waals surface area contributed by atoms with Crippen LogP contribution in [0.1, 0.15) is 80.1 Å². The topological polar surface area (TPSA) is 26.3 Å². The summed E-state index contributed by atoms with van der Waals surface area (Å²) in [5, 5.41) is 0. The Morgan fingerprint density at radius 1 is 0.935 bits per heavy atom. The maximum atomic E-state index is 12.6. The highest BCUT2D eigenvalue weighted by Crippen LogP contribution is 2.43. The van der Waals surface area contributed by atoms with Gasteiger partial charge in [-0.1, -0.05) is 48.6 Å². The van der Waals surface area contributed by atoms with Crippen molar-refractivity contribution in [1.29, 1.82) is 0 Å². The molecule has 2 aliphatic rings. The van der Waals surface area contributed by atoms with Gasteiger partial charge in [0.25, 0.3) is 5.78 Å². The molecule has 170 valence electrons.